The molecule has 128 valence electrons. The number of nitrogens with one attached hydrogen (secondary N) is 1. The lowest BCUT2D eigenvalue weighted by molar-refractivity contribution is -0.149. The molecular formula is C17H26N2O3S. The predicted molar refractivity (Wildman–Crippen MR) is 91.6 cm³/mol. The molecule has 0 bridgehead atoms. The molecule has 2 heterocycles. The van der Waals surface area contributed by atoms with Gasteiger partial charge in [0.25, 0.3) is 0 Å². The van der Waals surface area contributed by atoms with Gasteiger partial charge in [0.2, 0.25) is 5.91 Å². The van der Waals surface area contributed by atoms with Crippen LogP contribution in [0.25, 0.3) is 0 Å². The first-order chi connectivity index (χ1) is 10.8. The lowest BCUT2D eigenvalue weighted by atomic mass is 10.0. The highest BCUT2D eigenvalue weighted by atomic mass is 32.1. The molecule has 1 amide bonds. The smallest absolute Gasteiger partial charge is 0.326 e. The molecule has 0 aromatic carbocycles. The van der Waals surface area contributed by atoms with Crippen LogP contribution in [0.4, 0.5) is 0 Å². The van der Waals surface area contributed by atoms with Crippen molar-refractivity contribution in [2.24, 2.45) is 5.92 Å². The summed E-state index contributed by atoms with van der Waals surface area (Å²) in [6.45, 7) is 9.35. The van der Waals surface area contributed by atoms with Crippen LogP contribution in [0.3, 0.4) is 0 Å². The summed E-state index contributed by atoms with van der Waals surface area (Å²) in [7, 11) is 0. The van der Waals surface area contributed by atoms with E-state index in [2.05, 4.69) is 24.5 Å². The number of carbonyl (C=O) groups is 2. The predicted octanol–water partition coefficient (Wildman–Crippen LogP) is 2.55. The number of aryl methyl sites for hydroxylation is 1. The third-order valence-electron chi connectivity index (χ3n) is 4.65. The van der Waals surface area contributed by atoms with Gasteiger partial charge in [0, 0.05) is 18.0 Å². The second-order valence-electron chi connectivity index (χ2n) is 6.57. The highest BCUT2D eigenvalue weighted by molar-refractivity contribution is 7.10. The van der Waals surface area contributed by atoms with Gasteiger partial charge in [-0.05, 0) is 49.1 Å². The monoisotopic (exact) mass is 338 g/mol. The van der Waals surface area contributed by atoms with E-state index in [1.54, 1.807) is 11.3 Å². The summed E-state index contributed by atoms with van der Waals surface area (Å²) >= 11 is 1.72. The summed E-state index contributed by atoms with van der Waals surface area (Å²) < 4.78 is 0. The van der Waals surface area contributed by atoms with E-state index in [0.717, 1.165) is 6.42 Å². The van der Waals surface area contributed by atoms with Crippen LogP contribution in [-0.4, -0.2) is 40.5 Å². The van der Waals surface area contributed by atoms with Gasteiger partial charge in [-0.1, -0.05) is 13.8 Å². The van der Waals surface area contributed by atoms with E-state index < -0.39 is 12.0 Å². The van der Waals surface area contributed by atoms with Gasteiger partial charge in [0.15, 0.2) is 0 Å². The second kappa shape index (κ2) is 7.45. The van der Waals surface area contributed by atoms with Crippen LogP contribution in [0.5, 0.6) is 0 Å². The van der Waals surface area contributed by atoms with Crippen molar-refractivity contribution < 1.29 is 14.7 Å². The van der Waals surface area contributed by atoms with E-state index >= 15 is 0 Å². The molecule has 0 saturated carbocycles. The van der Waals surface area contributed by atoms with E-state index in [0.29, 0.717) is 19.5 Å². The maximum atomic E-state index is 12.8. The number of thiophene rings is 1. The lowest BCUT2D eigenvalue weighted by Crippen LogP contribution is -2.52. The maximum Gasteiger partial charge on any atom is 0.326 e. The number of hydrogen-bond donors (Lipinski definition) is 2. The van der Waals surface area contributed by atoms with Crippen LogP contribution in [0.1, 0.15) is 42.7 Å². The number of hydrogen-bond acceptors (Lipinski definition) is 4. The largest absolute Gasteiger partial charge is 0.480 e. The van der Waals surface area contributed by atoms with Gasteiger partial charge >= 0.3 is 5.97 Å². The molecule has 2 N–H and O–H groups in total. The molecule has 1 aromatic rings. The zero-order valence-corrected chi connectivity index (χ0v) is 15.1. The number of nitrogens with zero attached hydrogens (tertiary/aromatic N) is 1. The molecule has 0 unspecified atom stereocenters. The quantitative estimate of drug-likeness (QED) is 0.836. The third-order valence-corrected chi connectivity index (χ3v) is 5.72. The van der Waals surface area contributed by atoms with E-state index in [1.165, 1.54) is 20.9 Å². The van der Waals surface area contributed by atoms with Crippen molar-refractivity contribution in [1.82, 2.24) is 10.2 Å². The Bertz CT molecular complexity index is 582. The van der Waals surface area contributed by atoms with Crippen molar-refractivity contribution in [2.75, 3.05) is 6.54 Å². The SMILES string of the molecule is Cc1scc(CN[C@H](C(=O)N2CCC[C@H]2C(=O)O)C(C)C)c1C. The average Bonchev–Trinajstić information content (AvgIpc) is 3.08. The standard InChI is InChI=1S/C17H26N2O3S/c1-10(2)15(18-8-13-9-23-12(4)11(13)3)16(20)19-7-5-6-14(19)17(21)22/h9-10,14-15,18H,5-8H2,1-4H3,(H,21,22)/t14-,15-/m0/s1. The van der Waals surface area contributed by atoms with Crippen molar-refractivity contribution in [2.45, 2.75) is 59.2 Å². The first-order valence-electron chi connectivity index (χ1n) is 8.13. The van der Waals surface area contributed by atoms with Gasteiger partial charge in [0.1, 0.15) is 6.04 Å². The van der Waals surface area contributed by atoms with Crippen molar-refractivity contribution in [3.63, 3.8) is 0 Å². The Morgan fingerprint density at radius 2 is 2.13 bits per heavy atom. The molecule has 1 fully saturated rings. The molecule has 1 aliphatic heterocycles. The number of carbonyl (C=O) groups excluding carboxylic acids is 1. The summed E-state index contributed by atoms with van der Waals surface area (Å²) in [6, 6.07) is -1.02. The van der Waals surface area contributed by atoms with Crippen LogP contribution in [0.2, 0.25) is 0 Å². The number of amides is 1. The van der Waals surface area contributed by atoms with Crippen LogP contribution < -0.4 is 5.32 Å². The molecule has 5 nitrogen and oxygen atoms in total. The lowest BCUT2D eigenvalue weighted by Gasteiger charge is -2.29. The Kier molecular flexibility index (Phi) is 5.81. The maximum absolute atomic E-state index is 12.8. The fraction of sp³-hybridized carbons (Fsp3) is 0.647. The van der Waals surface area contributed by atoms with Crippen molar-refractivity contribution in [3.05, 3.63) is 21.4 Å². The van der Waals surface area contributed by atoms with E-state index in [9.17, 15) is 14.7 Å². The molecule has 1 saturated heterocycles. The molecule has 1 aliphatic rings. The Hall–Kier alpha value is -1.40. The topological polar surface area (TPSA) is 69.6 Å². The van der Waals surface area contributed by atoms with E-state index in [4.69, 9.17) is 0 Å². The molecular weight excluding hydrogens is 312 g/mol. The zero-order chi connectivity index (χ0) is 17.1. The Morgan fingerprint density at radius 1 is 1.43 bits per heavy atom. The minimum atomic E-state index is -0.900. The summed E-state index contributed by atoms with van der Waals surface area (Å²) in [5.74, 6) is -0.880. The first-order valence-corrected chi connectivity index (χ1v) is 9.01. The number of aliphatic carboxylic acids is 1. The summed E-state index contributed by atoms with van der Waals surface area (Å²) in [5.41, 5.74) is 2.48. The van der Waals surface area contributed by atoms with Crippen molar-refractivity contribution in [1.29, 1.82) is 0 Å². The van der Waals surface area contributed by atoms with Crippen LogP contribution in [0, 0.1) is 19.8 Å². The third kappa shape index (κ3) is 3.93. The van der Waals surface area contributed by atoms with Gasteiger partial charge in [-0.25, -0.2) is 4.79 Å². The molecule has 0 spiro atoms. The zero-order valence-electron chi connectivity index (χ0n) is 14.3. The summed E-state index contributed by atoms with van der Waals surface area (Å²) in [4.78, 5) is 27.0. The minimum Gasteiger partial charge on any atom is -0.480 e. The molecule has 2 atom stereocenters. The van der Waals surface area contributed by atoms with Crippen molar-refractivity contribution >= 4 is 23.2 Å². The highest BCUT2D eigenvalue weighted by Crippen LogP contribution is 2.22. The molecule has 23 heavy (non-hydrogen) atoms. The Morgan fingerprint density at radius 3 is 2.65 bits per heavy atom. The highest BCUT2D eigenvalue weighted by Gasteiger charge is 2.37. The van der Waals surface area contributed by atoms with E-state index in [1.807, 2.05) is 13.8 Å². The molecule has 2 rings (SSSR count). The Labute approximate surface area is 141 Å². The molecule has 6 heteroatoms. The van der Waals surface area contributed by atoms with Crippen molar-refractivity contribution in [3.8, 4) is 0 Å². The number of rotatable bonds is 6. The number of carboxylic acids is 1. The fourth-order valence-electron chi connectivity index (χ4n) is 3.03. The fourth-order valence-corrected chi connectivity index (χ4v) is 3.92. The molecule has 1 aromatic heterocycles. The second-order valence-corrected chi connectivity index (χ2v) is 7.66. The van der Waals surface area contributed by atoms with Gasteiger partial charge in [0.05, 0.1) is 6.04 Å². The summed E-state index contributed by atoms with van der Waals surface area (Å²) in [5, 5.41) is 14.8. The molecule has 0 aliphatic carbocycles. The normalized spacial score (nSPS) is 19.3. The van der Waals surface area contributed by atoms with E-state index in [-0.39, 0.29) is 17.9 Å². The van der Waals surface area contributed by atoms with Crippen LogP contribution in [0.15, 0.2) is 5.38 Å². The van der Waals surface area contributed by atoms with Crippen LogP contribution >= 0.6 is 11.3 Å². The van der Waals surface area contributed by atoms with Gasteiger partial charge in [-0.15, -0.1) is 11.3 Å². The molecule has 0 radical (unpaired) electrons. The van der Waals surface area contributed by atoms with Gasteiger partial charge < -0.3 is 15.3 Å². The van der Waals surface area contributed by atoms with Gasteiger partial charge in [-0.3, -0.25) is 4.79 Å². The van der Waals surface area contributed by atoms with Crippen LogP contribution in [-0.2, 0) is 16.1 Å². The Balaban J connectivity index is 2.07. The number of likely N-dealkylation sites (tertiary alicyclic amines) is 1. The number of carboxylic acid groups (broad SMARTS) is 1. The first kappa shape index (κ1) is 17.9. The average molecular weight is 338 g/mol. The van der Waals surface area contributed by atoms with Gasteiger partial charge in [-0.2, -0.15) is 0 Å². The minimum absolute atomic E-state index is 0.0884. The summed E-state index contributed by atoms with van der Waals surface area (Å²) in [6.07, 6.45) is 1.31.